The Hall–Kier alpha value is -1.33. The van der Waals surface area contributed by atoms with Crippen LogP contribution in [0, 0.1) is 0 Å². The molecule has 6 heteroatoms. The topological polar surface area (TPSA) is 72.3 Å². The van der Waals surface area contributed by atoms with E-state index in [2.05, 4.69) is 0 Å². The Labute approximate surface area is 104 Å². The third-order valence-corrected chi connectivity index (χ3v) is 2.48. The van der Waals surface area contributed by atoms with Gasteiger partial charge in [-0.15, -0.1) is 0 Å². The molecule has 1 aromatic carbocycles. The lowest BCUT2D eigenvalue weighted by molar-refractivity contribution is -0.116. The average molecular weight is 258 g/mol. The number of likely N-dealkylation sites (N-methyl/N-ethyl adjacent to an activating group) is 1. The third-order valence-electron chi connectivity index (χ3n) is 2.03. The number of carbonyl (C=O) groups is 1. The molecule has 0 heterocycles. The van der Waals surface area contributed by atoms with E-state index in [-0.39, 0.29) is 11.5 Å². The second-order valence-electron chi connectivity index (χ2n) is 3.35. The van der Waals surface area contributed by atoms with Crippen LogP contribution in [0.25, 0.3) is 0 Å². The molecule has 0 saturated heterocycles. The van der Waals surface area contributed by atoms with E-state index in [1.165, 1.54) is 0 Å². The maximum absolute atomic E-state index is 10.8. The van der Waals surface area contributed by atoms with Crippen molar-refractivity contribution in [3.8, 4) is 0 Å². The summed E-state index contributed by atoms with van der Waals surface area (Å²) < 4.78 is 0. The molecule has 0 bridgehead atoms. The molecule has 0 aliphatic carbocycles. The van der Waals surface area contributed by atoms with E-state index >= 15 is 0 Å². The van der Waals surface area contributed by atoms with Gasteiger partial charge in [0.15, 0.2) is 0 Å². The first kappa shape index (κ1) is 12.7. The van der Waals surface area contributed by atoms with Crippen molar-refractivity contribution in [1.29, 1.82) is 0 Å². The van der Waals surface area contributed by atoms with Gasteiger partial charge in [-0.2, -0.15) is 0 Å². The fourth-order valence-electron chi connectivity index (χ4n) is 1.35. The number of anilines is 1. The number of hydrogen-bond donors (Lipinski definition) is 2. The van der Waals surface area contributed by atoms with Gasteiger partial charge in [0, 0.05) is 23.3 Å². The second-order valence-corrected chi connectivity index (χ2v) is 4.22. The highest BCUT2D eigenvalue weighted by molar-refractivity contribution is 7.80. The lowest BCUT2D eigenvalue weighted by Crippen LogP contribution is -2.32. The first-order valence-corrected chi connectivity index (χ1v) is 5.29. The molecule has 0 atom stereocenters. The van der Waals surface area contributed by atoms with Gasteiger partial charge in [-0.3, -0.25) is 4.79 Å². The minimum atomic E-state index is -0.434. The molecule has 0 saturated carbocycles. The number of carbonyl (C=O) groups excluding carboxylic acids is 1. The number of amides is 1. The van der Waals surface area contributed by atoms with E-state index in [0.29, 0.717) is 16.3 Å². The molecule has 0 spiro atoms. The van der Waals surface area contributed by atoms with Crippen molar-refractivity contribution in [3.05, 3.63) is 28.8 Å². The summed E-state index contributed by atoms with van der Waals surface area (Å²) in [6.45, 7) is 0.0793. The molecule has 1 rings (SSSR count). The summed E-state index contributed by atoms with van der Waals surface area (Å²) in [5.74, 6) is -0.434. The van der Waals surface area contributed by atoms with E-state index < -0.39 is 5.91 Å². The molecule has 86 valence electrons. The monoisotopic (exact) mass is 257 g/mol. The minimum absolute atomic E-state index is 0.0793. The molecule has 0 fully saturated rings. The zero-order chi connectivity index (χ0) is 12.3. The third kappa shape index (κ3) is 3.08. The van der Waals surface area contributed by atoms with Crippen LogP contribution in [0.4, 0.5) is 5.69 Å². The Morgan fingerprint density at radius 3 is 2.62 bits per heavy atom. The quantitative estimate of drug-likeness (QED) is 0.786. The Morgan fingerprint density at radius 2 is 2.12 bits per heavy atom. The largest absolute Gasteiger partial charge is 0.389 e. The van der Waals surface area contributed by atoms with Crippen molar-refractivity contribution in [2.75, 3.05) is 18.5 Å². The highest BCUT2D eigenvalue weighted by atomic mass is 35.5. The van der Waals surface area contributed by atoms with Crippen LogP contribution in [0.1, 0.15) is 5.56 Å². The molecule has 0 aliphatic heterocycles. The van der Waals surface area contributed by atoms with Gasteiger partial charge in [-0.25, -0.2) is 0 Å². The Bertz CT molecular complexity index is 436. The van der Waals surface area contributed by atoms with Gasteiger partial charge >= 0.3 is 0 Å². The van der Waals surface area contributed by atoms with E-state index in [1.807, 2.05) is 0 Å². The highest BCUT2D eigenvalue weighted by Gasteiger charge is 2.11. The van der Waals surface area contributed by atoms with Gasteiger partial charge in [-0.1, -0.05) is 23.8 Å². The lowest BCUT2D eigenvalue weighted by Gasteiger charge is -2.20. The van der Waals surface area contributed by atoms with E-state index in [1.54, 1.807) is 30.1 Å². The smallest absolute Gasteiger partial charge is 0.236 e. The van der Waals surface area contributed by atoms with Gasteiger partial charge in [0.25, 0.3) is 0 Å². The molecule has 0 radical (unpaired) electrons. The molecule has 4 N–H and O–H groups in total. The zero-order valence-corrected chi connectivity index (χ0v) is 10.3. The molecule has 0 aromatic heterocycles. The molecular weight excluding hydrogens is 246 g/mol. The van der Waals surface area contributed by atoms with Crippen LogP contribution < -0.4 is 16.4 Å². The number of thiocarbonyl (C=S) groups is 1. The maximum atomic E-state index is 10.8. The van der Waals surface area contributed by atoms with Crippen LogP contribution in [0.3, 0.4) is 0 Å². The highest BCUT2D eigenvalue weighted by Crippen LogP contribution is 2.23. The van der Waals surface area contributed by atoms with Gasteiger partial charge in [0.1, 0.15) is 4.99 Å². The van der Waals surface area contributed by atoms with E-state index in [9.17, 15) is 4.79 Å². The van der Waals surface area contributed by atoms with E-state index in [0.717, 1.165) is 0 Å². The summed E-state index contributed by atoms with van der Waals surface area (Å²) in [6.07, 6.45) is 0. The lowest BCUT2D eigenvalue weighted by atomic mass is 10.1. The Kier molecular flexibility index (Phi) is 4.09. The van der Waals surface area contributed by atoms with Crippen molar-refractivity contribution < 1.29 is 4.79 Å². The zero-order valence-electron chi connectivity index (χ0n) is 8.74. The molecule has 1 aromatic rings. The molecule has 1 amide bonds. The van der Waals surface area contributed by atoms with Crippen LogP contribution >= 0.6 is 23.8 Å². The van der Waals surface area contributed by atoms with Crippen LogP contribution in [-0.4, -0.2) is 24.5 Å². The maximum Gasteiger partial charge on any atom is 0.236 e. The van der Waals surface area contributed by atoms with Crippen molar-refractivity contribution in [1.82, 2.24) is 0 Å². The molecule has 0 aliphatic rings. The fourth-order valence-corrected chi connectivity index (χ4v) is 1.69. The number of hydrogen-bond acceptors (Lipinski definition) is 3. The Balaban J connectivity index is 3.13. The summed E-state index contributed by atoms with van der Waals surface area (Å²) in [7, 11) is 1.72. The van der Waals surface area contributed by atoms with E-state index in [4.69, 9.17) is 35.3 Å². The summed E-state index contributed by atoms with van der Waals surface area (Å²) in [5.41, 5.74) is 12.1. The summed E-state index contributed by atoms with van der Waals surface area (Å²) in [6, 6.07) is 5.11. The van der Waals surface area contributed by atoms with Crippen LogP contribution in [0.15, 0.2) is 18.2 Å². The number of nitrogens with zero attached hydrogens (tertiary/aromatic N) is 1. The summed E-state index contributed by atoms with van der Waals surface area (Å²) >= 11 is 10.8. The molecular formula is C10H12ClN3OS. The van der Waals surface area contributed by atoms with Gasteiger partial charge in [0.2, 0.25) is 5.91 Å². The molecule has 0 unspecified atom stereocenters. The van der Waals surface area contributed by atoms with Gasteiger partial charge < -0.3 is 16.4 Å². The van der Waals surface area contributed by atoms with Crippen molar-refractivity contribution in [2.24, 2.45) is 11.5 Å². The average Bonchev–Trinajstić information content (AvgIpc) is 2.15. The molecule has 16 heavy (non-hydrogen) atoms. The number of primary amides is 1. The first-order chi connectivity index (χ1) is 7.41. The minimum Gasteiger partial charge on any atom is -0.389 e. The van der Waals surface area contributed by atoms with Crippen LogP contribution in [0.2, 0.25) is 5.02 Å². The van der Waals surface area contributed by atoms with Crippen molar-refractivity contribution in [2.45, 2.75) is 0 Å². The van der Waals surface area contributed by atoms with Gasteiger partial charge in [-0.05, 0) is 18.2 Å². The predicted octanol–water partition coefficient (Wildman–Crippen LogP) is 0.896. The summed E-state index contributed by atoms with van der Waals surface area (Å²) in [5, 5.41) is 0.548. The van der Waals surface area contributed by atoms with Gasteiger partial charge in [0.05, 0.1) is 6.54 Å². The normalized spacial score (nSPS) is 9.88. The standard InChI is InChI=1S/C10H12ClN3OS/c1-14(5-9(12)15)8-4-6(11)2-3-7(8)10(13)16/h2-4H,5H2,1H3,(H2,12,15)(H2,13,16). The number of halogens is 1. The predicted molar refractivity (Wildman–Crippen MR) is 69.8 cm³/mol. The van der Waals surface area contributed by atoms with Crippen LogP contribution in [-0.2, 0) is 4.79 Å². The van der Waals surface area contributed by atoms with Crippen LogP contribution in [0.5, 0.6) is 0 Å². The Morgan fingerprint density at radius 1 is 1.50 bits per heavy atom. The summed E-state index contributed by atoms with van der Waals surface area (Å²) in [4.78, 5) is 12.7. The fraction of sp³-hybridized carbons (Fsp3) is 0.200. The number of benzene rings is 1. The number of nitrogens with two attached hydrogens (primary N) is 2. The SMILES string of the molecule is CN(CC(N)=O)c1cc(Cl)ccc1C(N)=S. The first-order valence-electron chi connectivity index (χ1n) is 4.50. The van der Waals surface area contributed by atoms with Crippen molar-refractivity contribution >= 4 is 40.4 Å². The second kappa shape index (κ2) is 5.14. The number of rotatable bonds is 4. The molecule has 4 nitrogen and oxygen atoms in total. The van der Waals surface area contributed by atoms with Crippen molar-refractivity contribution in [3.63, 3.8) is 0 Å².